The number of aryl methyl sites for hydroxylation is 1. The molecule has 0 amide bonds. The molecule has 3 aromatic rings. The molecular formula is C20H25N5. The van der Waals surface area contributed by atoms with Gasteiger partial charge in [0.1, 0.15) is 5.69 Å². The molecule has 0 unspecified atom stereocenters. The lowest BCUT2D eigenvalue weighted by atomic mass is 10.1. The maximum Gasteiger partial charge on any atom is 0.156 e. The van der Waals surface area contributed by atoms with Gasteiger partial charge in [0.25, 0.3) is 0 Å². The number of benzene rings is 1. The molecule has 5 nitrogen and oxygen atoms in total. The molecule has 1 saturated heterocycles. The zero-order valence-electron chi connectivity index (χ0n) is 14.6. The molecule has 2 aromatic heterocycles. The fraction of sp³-hybridized carbons (Fsp3) is 0.400. The van der Waals surface area contributed by atoms with Crippen molar-refractivity contribution >= 4 is 0 Å². The van der Waals surface area contributed by atoms with Crippen LogP contribution < -0.4 is 0 Å². The first-order chi connectivity index (χ1) is 12.4. The molecule has 0 aliphatic carbocycles. The number of unbranched alkanes of at least 4 members (excludes halogenated alkanes) is 1. The summed E-state index contributed by atoms with van der Waals surface area (Å²) in [7, 11) is 0. The molecule has 0 radical (unpaired) electrons. The summed E-state index contributed by atoms with van der Waals surface area (Å²) in [5, 5.41) is 0. The minimum atomic E-state index is 0.885. The van der Waals surface area contributed by atoms with E-state index in [-0.39, 0.29) is 0 Å². The Morgan fingerprint density at radius 3 is 2.52 bits per heavy atom. The molecule has 1 N–H and O–H groups in total. The van der Waals surface area contributed by atoms with E-state index in [9.17, 15) is 0 Å². The van der Waals surface area contributed by atoms with Crippen molar-refractivity contribution in [3.8, 4) is 22.8 Å². The number of likely N-dealkylation sites (tertiary alicyclic amines) is 1. The monoisotopic (exact) mass is 335 g/mol. The molecule has 0 saturated carbocycles. The average Bonchev–Trinajstić information content (AvgIpc) is 3.40. The zero-order chi connectivity index (χ0) is 16.9. The summed E-state index contributed by atoms with van der Waals surface area (Å²) in [6.45, 7) is 4.75. The van der Waals surface area contributed by atoms with E-state index in [2.05, 4.69) is 43.7 Å². The summed E-state index contributed by atoms with van der Waals surface area (Å²) in [6, 6.07) is 10.3. The largest absolute Gasteiger partial charge is 0.343 e. The number of imidazole rings is 2. The number of aromatic amines is 1. The van der Waals surface area contributed by atoms with Crippen molar-refractivity contribution in [1.29, 1.82) is 0 Å². The highest BCUT2D eigenvalue weighted by molar-refractivity contribution is 5.75. The second-order valence-corrected chi connectivity index (χ2v) is 6.69. The van der Waals surface area contributed by atoms with Crippen LogP contribution >= 0.6 is 0 Å². The number of H-pyrrole nitrogens is 1. The van der Waals surface area contributed by atoms with E-state index in [1.54, 1.807) is 6.20 Å². The van der Waals surface area contributed by atoms with Crippen LogP contribution in [0.4, 0.5) is 0 Å². The summed E-state index contributed by atoms with van der Waals surface area (Å²) in [6.07, 6.45) is 10.8. The lowest BCUT2D eigenvalue weighted by Crippen LogP contribution is -2.20. The van der Waals surface area contributed by atoms with E-state index < -0.39 is 0 Å². The summed E-state index contributed by atoms with van der Waals surface area (Å²) in [4.78, 5) is 15.0. The molecule has 1 fully saturated rings. The molecule has 1 aliphatic heterocycles. The average molecular weight is 335 g/mol. The lowest BCUT2D eigenvalue weighted by molar-refractivity contribution is 0.326. The highest BCUT2D eigenvalue weighted by Gasteiger charge is 2.17. The van der Waals surface area contributed by atoms with Gasteiger partial charge in [0.15, 0.2) is 5.82 Å². The first-order valence-electron chi connectivity index (χ1n) is 9.24. The zero-order valence-corrected chi connectivity index (χ0v) is 14.6. The maximum absolute atomic E-state index is 4.69. The fourth-order valence-corrected chi connectivity index (χ4v) is 3.63. The SMILES string of the molecule is c1ccc(-c2ncn(CCCCN3CCCC3)c2-c2ncc[nH]2)cc1. The number of rotatable bonds is 7. The van der Waals surface area contributed by atoms with Gasteiger partial charge in [-0.05, 0) is 45.3 Å². The van der Waals surface area contributed by atoms with Crippen LogP contribution in [0.2, 0.25) is 0 Å². The fourth-order valence-electron chi connectivity index (χ4n) is 3.63. The third-order valence-corrected chi connectivity index (χ3v) is 4.93. The predicted molar refractivity (Wildman–Crippen MR) is 100 cm³/mol. The van der Waals surface area contributed by atoms with Crippen molar-refractivity contribution in [1.82, 2.24) is 24.4 Å². The Hall–Kier alpha value is -2.40. The molecule has 25 heavy (non-hydrogen) atoms. The third kappa shape index (κ3) is 3.66. The smallest absolute Gasteiger partial charge is 0.156 e. The van der Waals surface area contributed by atoms with Gasteiger partial charge in [0.2, 0.25) is 0 Å². The molecule has 4 rings (SSSR count). The highest BCUT2D eigenvalue weighted by Crippen LogP contribution is 2.29. The molecular weight excluding hydrogens is 310 g/mol. The number of aromatic nitrogens is 4. The number of nitrogens with zero attached hydrogens (tertiary/aromatic N) is 4. The Morgan fingerprint density at radius 1 is 0.960 bits per heavy atom. The summed E-state index contributed by atoms with van der Waals surface area (Å²) >= 11 is 0. The van der Waals surface area contributed by atoms with Gasteiger partial charge in [-0.1, -0.05) is 30.3 Å². The third-order valence-electron chi connectivity index (χ3n) is 4.93. The quantitative estimate of drug-likeness (QED) is 0.668. The van der Waals surface area contributed by atoms with Crippen LogP contribution in [-0.4, -0.2) is 44.1 Å². The Labute approximate surface area is 148 Å². The van der Waals surface area contributed by atoms with Gasteiger partial charge in [0, 0.05) is 24.5 Å². The van der Waals surface area contributed by atoms with Crippen LogP contribution in [0.3, 0.4) is 0 Å². The van der Waals surface area contributed by atoms with Gasteiger partial charge in [-0.25, -0.2) is 9.97 Å². The first-order valence-corrected chi connectivity index (χ1v) is 9.24. The van der Waals surface area contributed by atoms with Gasteiger partial charge in [-0.3, -0.25) is 0 Å². The lowest BCUT2D eigenvalue weighted by Gasteiger charge is -2.14. The minimum absolute atomic E-state index is 0.885. The van der Waals surface area contributed by atoms with Crippen LogP contribution in [0, 0.1) is 0 Å². The topological polar surface area (TPSA) is 49.7 Å². The van der Waals surface area contributed by atoms with Crippen molar-refractivity contribution < 1.29 is 0 Å². The van der Waals surface area contributed by atoms with Gasteiger partial charge >= 0.3 is 0 Å². The molecule has 3 heterocycles. The van der Waals surface area contributed by atoms with Crippen molar-refractivity contribution in [3.05, 3.63) is 49.1 Å². The van der Waals surface area contributed by atoms with Gasteiger partial charge in [0.05, 0.1) is 12.0 Å². The summed E-state index contributed by atoms with van der Waals surface area (Å²) in [5.74, 6) is 0.885. The normalized spacial score (nSPS) is 15.0. The minimum Gasteiger partial charge on any atom is -0.343 e. The van der Waals surface area contributed by atoms with Crippen molar-refractivity contribution in [3.63, 3.8) is 0 Å². The number of nitrogens with one attached hydrogen (secondary N) is 1. The highest BCUT2D eigenvalue weighted by atomic mass is 15.1. The second-order valence-electron chi connectivity index (χ2n) is 6.69. The first kappa shape index (κ1) is 16.1. The Morgan fingerprint density at radius 2 is 1.76 bits per heavy atom. The molecule has 1 aromatic carbocycles. The molecule has 0 bridgehead atoms. The molecule has 1 aliphatic rings. The molecule has 130 valence electrons. The van der Waals surface area contributed by atoms with E-state index in [0.717, 1.165) is 35.7 Å². The molecule has 0 atom stereocenters. The number of hydrogen-bond donors (Lipinski definition) is 1. The maximum atomic E-state index is 4.69. The Balaban J connectivity index is 1.50. The van der Waals surface area contributed by atoms with E-state index in [1.165, 1.54) is 38.9 Å². The predicted octanol–water partition coefficient (Wildman–Crippen LogP) is 3.82. The van der Waals surface area contributed by atoms with Crippen molar-refractivity contribution in [2.24, 2.45) is 0 Å². The van der Waals surface area contributed by atoms with Crippen LogP contribution in [0.15, 0.2) is 49.1 Å². The van der Waals surface area contributed by atoms with Crippen molar-refractivity contribution in [2.45, 2.75) is 32.2 Å². The summed E-state index contributed by atoms with van der Waals surface area (Å²) < 4.78 is 2.24. The van der Waals surface area contributed by atoms with E-state index in [1.807, 2.05) is 18.6 Å². The van der Waals surface area contributed by atoms with Gasteiger partial charge < -0.3 is 14.5 Å². The van der Waals surface area contributed by atoms with Gasteiger partial charge in [-0.2, -0.15) is 0 Å². The van der Waals surface area contributed by atoms with E-state index >= 15 is 0 Å². The Bertz CT molecular complexity index is 770. The molecule has 5 heteroatoms. The van der Waals surface area contributed by atoms with E-state index in [4.69, 9.17) is 4.98 Å². The van der Waals surface area contributed by atoms with Crippen LogP contribution in [0.5, 0.6) is 0 Å². The van der Waals surface area contributed by atoms with E-state index in [0.29, 0.717) is 0 Å². The number of hydrogen-bond acceptors (Lipinski definition) is 3. The second kappa shape index (κ2) is 7.66. The van der Waals surface area contributed by atoms with Crippen LogP contribution in [-0.2, 0) is 6.54 Å². The molecule has 0 spiro atoms. The van der Waals surface area contributed by atoms with Crippen LogP contribution in [0.1, 0.15) is 25.7 Å². The van der Waals surface area contributed by atoms with Crippen LogP contribution in [0.25, 0.3) is 22.8 Å². The summed E-state index contributed by atoms with van der Waals surface area (Å²) in [5.41, 5.74) is 3.21. The van der Waals surface area contributed by atoms with Crippen molar-refractivity contribution in [2.75, 3.05) is 19.6 Å². The standard InChI is InChI=1S/C20H25N5/c1-2-8-17(9-3-1)18-19(20-21-10-11-22-20)25(16-23-18)15-7-6-14-24-12-4-5-13-24/h1-3,8-11,16H,4-7,12-15H2,(H,21,22). The van der Waals surface area contributed by atoms with Gasteiger partial charge in [-0.15, -0.1) is 0 Å². The Kier molecular flexibility index (Phi) is 4.93.